The molecule has 5 nitrogen and oxygen atoms in total. The Balaban J connectivity index is 1.96. The van der Waals surface area contributed by atoms with Crippen LogP contribution in [0.1, 0.15) is 53.4 Å². The number of nitrogens with one attached hydrogen (secondary N) is 2. The summed E-state index contributed by atoms with van der Waals surface area (Å²) in [5.74, 6) is -0.223. The maximum absolute atomic E-state index is 12.1. The van der Waals surface area contributed by atoms with Crippen molar-refractivity contribution in [3.05, 3.63) is 0 Å². The lowest BCUT2D eigenvalue weighted by Gasteiger charge is -2.43. The predicted octanol–water partition coefficient (Wildman–Crippen LogP) is 2.36. The molecule has 4 atom stereocenters. The fraction of sp³-hybridized carbons (Fsp3) is 0.867. The largest absolute Gasteiger partial charge is 0.481 e. The third kappa shape index (κ3) is 2.63. The zero-order valence-electron chi connectivity index (χ0n) is 12.8. The summed E-state index contributed by atoms with van der Waals surface area (Å²) in [6, 6.07) is -0.446. The van der Waals surface area contributed by atoms with Crippen molar-refractivity contribution in [2.75, 3.05) is 0 Å². The molecule has 20 heavy (non-hydrogen) atoms. The van der Waals surface area contributed by atoms with Crippen LogP contribution in [-0.4, -0.2) is 29.2 Å². The lowest BCUT2D eigenvalue weighted by molar-refractivity contribution is -0.137. The Morgan fingerprint density at radius 1 is 1.35 bits per heavy atom. The Morgan fingerprint density at radius 3 is 2.50 bits per heavy atom. The Labute approximate surface area is 120 Å². The van der Waals surface area contributed by atoms with Crippen LogP contribution in [0.4, 0.5) is 4.79 Å². The van der Waals surface area contributed by atoms with Crippen LogP contribution >= 0.6 is 0 Å². The smallest absolute Gasteiger partial charge is 0.315 e. The first kappa shape index (κ1) is 15.1. The van der Waals surface area contributed by atoms with Crippen molar-refractivity contribution in [2.45, 2.75) is 65.5 Å². The van der Waals surface area contributed by atoms with E-state index < -0.39 is 5.97 Å². The summed E-state index contributed by atoms with van der Waals surface area (Å²) in [6.45, 7) is 8.43. The minimum atomic E-state index is -0.898. The fourth-order valence-corrected chi connectivity index (χ4v) is 4.37. The standard InChI is InChI=1S/C15H26N2O3/c1-9(7-11(18)19)16-13(20)17-12-14(2,3)10-5-6-15(12,4)8-10/h9-10,12H,5-8H2,1-4H3,(H,18,19)(H2,16,17,20). The van der Waals surface area contributed by atoms with Crippen LogP contribution in [0.3, 0.4) is 0 Å². The second-order valence-corrected chi connectivity index (χ2v) is 7.46. The molecule has 5 heteroatoms. The van der Waals surface area contributed by atoms with Gasteiger partial charge in [0.15, 0.2) is 0 Å². The summed E-state index contributed by atoms with van der Waals surface area (Å²) in [4.78, 5) is 22.7. The number of carbonyl (C=O) groups is 2. The first-order valence-corrected chi connectivity index (χ1v) is 7.44. The minimum absolute atomic E-state index is 0.0542. The van der Waals surface area contributed by atoms with Gasteiger partial charge in [-0.25, -0.2) is 4.79 Å². The highest BCUT2D eigenvalue weighted by molar-refractivity contribution is 5.76. The van der Waals surface area contributed by atoms with Gasteiger partial charge in [0.2, 0.25) is 0 Å². The molecule has 2 saturated carbocycles. The van der Waals surface area contributed by atoms with Gasteiger partial charge in [-0.15, -0.1) is 0 Å². The molecule has 3 N–H and O–H groups in total. The number of carboxylic acids is 1. The summed E-state index contributed by atoms with van der Waals surface area (Å²) < 4.78 is 0. The van der Waals surface area contributed by atoms with Gasteiger partial charge in [0.05, 0.1) is 6.42 Å². The Kier molecular flexibility index (Phi) is 3.73. The first-order valence-electron chi connectivity index (χ1n) is 7.44. The van der Waals surface area contributed by atoms with Crippen molar-refractivity contribution in [2.24, 2.45) is 16.7 Å². The molecule has 2 fully saturated rings. The molecular formula is C15H26N2O3. The molecule has 2 aliphatic rings. The highest BCUT2D eigenvalue weighted by Gasteiger charge is 2.59. The number of amides is 2. The van der Waals surface area contributed by atoms with E-state index >= 15 is 0 Å². The molecule has 0 aliphatic heterocycles. The van der Waals surface area contributed by atoms with E-state index in [0.717, 1.165) is 6.42 Å². The lowest BCUT2D eigenvalue weighted by atomic mass is 9.68. The van der Waals surface area contributed by atoms with Crippen LogP contribution in [0, 0.1) is 16.7 Å². The molecule has 0 aromatic heterocycles. The third-order valence-electron chi connectivity index (χ3n) is 5.40. The maximum Gasteiger partial charge on any atom is 0.315 e. The third-order valence-corrected chi connectivity index (χ3v) is 5.40. The number of fused-ring (bicyclic) bond motifs is 2. The van der Waals surface area contributed by atoms with E-state index in [0.29, 0.717) is 5.92 Å². The molecule has 114 valence electrons. The number of hydrogen-bond donors (Lipinski definition) is 3. The Morgan fingerprint density at radius 2 is 2.00 bits per heavy atom. The number of rotatable bonds is 4. The van der Waals surface area contributed by atoms with Gasteiger partial charge in [0, 0.05) is 12.1 Å². The van der Waals surface area contributed by atoms with E-state index in [9.17, 15) is 9.59 Å². The van der Waals surface area contributed by atoms with Gasteiger partial charge in [-0.05, 0) is 42.9 Å². The second kappa shape index (κ2) is 4.93. The Hall–Kier alpha value is -1.26. The zero-order valence-corrected chi connectivity index (χ0v) is 12.8. The number of urea groups is 1. The summed E-state index contributed by atoms with van der Waals surface area (Å²) in [6.07, 6.45) is 3.53. The van der Waals surface area contributed by atoms with Crippen molar-refractivity contribution in [1.29, 1.82) is 0 Å². The van der Waals surface area contributed by atoms with Crippen molar-refractivity contribution < 1.29 is 14.7 Å². The first-order chi connectivity index (χ1) is 9.15. The van der Waals surface area contributed by atoms with Gasteiger partial charge >= 0.3 is 12.0 Å². The number of hydrogen-bond acceptors (Lipinski definition) is 2. The van der Waals surface area contributed by atoms with Crippen molar-refractivity contribution in [3.8, 4) is 0 Å². The van der Waals surface area contributed by atoms with Crippen molar-refractivity contribution in [3.63, 3.8) is 0 Å². The molecule has 0 aromatic rings. The van der Waals surface area contributed by atoms with E-state index in [2.05, 4.69) is 31.4 Å². The van der Waals surface area contributed by atoms with Gasteiger partial charge in [0.25, 0.3) is 0 Å². The predicted molar refractivity (Wildman–Crippen MR) is 76.4 cm³/mol. The molecule has 0 aromatic carbocycles. The van der Waals surface area contributed by atoms with E-state index in [-0.39, 0.29) is 35.4 Å². The van der Waals surface area contributed by atoms with Crippen LogP contribution in [0.25, 0.3) is 0 Å². The second-order valence-electron chi connectivity index (χ2n) is 7.46. The van der Waals surface area contributed by atoms with Crippen LogP contribution in [0.15, 0.2) is 0 Å². The van der Waals surface area contributed by atoms with E-state index in [4.69, 9.17) is 5.11 Å². The zero-order chi connectivity index (χ0) is 15.1. The van der Waals surface area contributed by atoms with Gasteiger partial charge in [0.1, 0.15) is 0 Å². The van der Waals surface area contributed by atoms with Crippen LogP contribution in [-0.2, 0) is 4.79 Å². The SMILES string of the molecule is CC(CC(=O)O)NC(=O)NC1C2(C)CCC(C2)C1(C)C. The average molecular weight is 282 g/mol. The van der Waals surface area contributed by atoms with E-state index in [1.807, 2.05) is 0 Å². The lowest BCUT2D eigenvalue weighted by Crippen LogP contribution is -2.56. The quantitative estimate of drug-likeness (QED) is 0.740. The van der Waals surface area contributed by atoms with Crippen LogP contribution in [0.2, 0.25) is 0 Å². The molecule has 0 radical (unpaired) electrons. The molecule has 0 spiro atoms. The summed E-state index contributed by atoms with van der Waals surface area (Å²) in [5.41, 5.74) is 0.294. The molecule has 2 amide bonds. The average Bonchev–Trinajstić information content (AvgIpc) is 2.74. The molecule has 0 saturated heterocycles. The van der Waals surface area contributed by atoms with E-state index in [1.54, 1.807) is 6.92 Å². The Bertz CT molecular complexity index is 417. The van der Waals surface area contributed by atoms with Gasteiger partial charge in [-0.2, -0.15) is 0 Å². The van der Waals surface area contributed by atoms with Crippen molar-refractivity contribution >= 4 is 12.0 Å². The highest BCUT2D eigenvalue weighted by Crippen LogP contribution is 2.62. The van der Waals surface area contributed by atoms with Gasteiger partial charge in [-0.3, -0.25) is 4.79 Å². The van der Waals surface area contributed by atoms with Gasteiger partial charge < -0.3 is 15.7 Å². The summed E-state index contributed by atoms with van der Waals surface area (Å²) >= 11 is 0. The molecule has 2 aliphatic carbocycles. The normalized spacial score (nSPS) is 35.6. The van der Waals surface area contributed by atoms with Gasteiger partial charge in [-0.1, -0.05) is 20.8 Å². The summed E-state index contributed by atoms with van der Waals surface area (Å²) in [7, 11) is 0. The van der Waals surface area contributed by atoms with E-state index in [1.165, 1.54) is 12.8 Å². The number of carbonyl (C=O) groups excluding carboxylic acids is 1. The molecular weight excluding hydrogens is 256 g/mol. The highest BCUT2D eigenvalue weighted by atomic mass is 16.4. The van der Waals surface area contributed by atoms with Crippen LogP contribution in [0.5, 0.6) is 0 Å². The minimum Gasteiger partial charge on any atom is -0.481 e. The monoisotopic (exact) mass is 282 g/mol. The fourth-order valence-electron chi connectivity index (χ4n) is 4.37. The maximum atomic E-state index is 12.1. The number of carboxylic acid groups (broad SMARTS) is 1. The topological polar surface area (TPSA) is 78.4 Å². The molecule has 2 bridgehead atoms. The molecule has 0 heterocycles. The molecule has 2 rings (SSSR count). The molecule has 4 unspecified atom stereocenters. The van der Waals surface area contributed by atoms with Crippen molar-refractivity contribution in [1.82, 2.24) is 10.6 Å². The van der Waals surface area contributed by atoms with Crippen LogP contribution < -0.4 is 10.6 Å². The number of aliphatic carboxylic acids is 1. The summed E-state index contributed by atoms with van der Waals surface area (Å²) in [5, 5.41) is 14.5.